The predicted octanol–water partition coefficient (Wildman–Crippen LogP) is 2.62. The first kappa shape index (κ1) is 10.0. The third-order valence-corrected chi connectivity index (χ3v) is 2.93. The molecule has 0 saturated heterocycles. The van der Waals surface area contributed by atoms with Crippen molar-refractivity contribution < 1.29 is 9.90 Å². The van der Waals surface area contributed by atoms with Crippen molar-refractivity contribution in [3.63, 3.8) is 0 Å². The van der Waals surface area contributed by atoms with Gasteiger partial charge in [-0.2, -0.15) is 0 Å². The van der Waals surface area contributed by atoms with Gasteiger partial charge in [0.25, 0.3) is 0 Å². The molecule has 0 aromatic rings. The van der Waals surface area contributed by atoms with Gasteiger partial charge in [-0.15, -0.1) is 0 Å². The molecule has 0 heterocycles. The maximum absolute atomic E-state index is 11.0. The van der Waals surface area contributed by atoms with Gasteiger partial charge in [-0.1, -0.05) is 25.2 Å². The maximum atomic E-state index is 11.0. The molecule has 1 N–H and O–H groups in total. The molecule has 0 aromatic carbocycles. The largest absolute Gasteiger partial charge is 0.481 e. The molecule has 1 atom stereocenters. The normalized spacial score (nSPS) is 18.5. The summed E-state index contributed by atoms with van der Waals surface area (Å²) >= 11 is 0. The van der Waals surface area contributed by atoms with E-state index in [4.69, 9.17) is 5.11 Å². The molecule has 72 valence electrons. The van der Waals surface area contributed by atoms with Crippen molar-refractivity contribution in [3.05, 3.63) is 23.8 Å². The lowest BCUT2D eigenvalue weighted by Crippen LogP contribution is -2.31. The Bertz CT molecular complexity index is 272. The summed E-state index contributed by atoms with van der Waals surface area (Å²) in [5.74, 6) is -0.662. The molecule has 1 rings (SSSR count). The van der Waals surface area contributed by atoms with E-state index in [0.29, 0.717) is 0 Å². The Morgan fingerprint density at radius 3 is 2.62 bits per heavy atom. The van der Waals surface area contributed by atoms with Crippen LogP contribution in [0.25, 0.3) is 0 Å². The highest BCUT2D eigenvalue weighted by Gasteiger charge is 2.35. The summed E-state index contributed by atoms with van der Waals surface area (Å²) in [5.41, 5.74) is 0.466. The summed E-state index contributed by atoms with van der Waals surface area (Å²) in [6.07, 6.45) is 7.11. The van der Waals surface area contributed by atoms with Crippen molar-refractivity contribution in [2.24, 2.45) is 11.3 Å². The lowest BCUT2D eigenvalue weighted by Gasteiger charge is -2.27. The zero-order chi connectivity index (χ0) is 10.1. The second kappa shape index (κ2) is 3.36. The number of aliphatic carboxylic acids is 1. The second-order valence-corrected chi connectivity index (χ2v) is 4.09. The van der Waals surface area contributed by atoms with Crippen LogP contribution in [-0.4, -0.2) is 11.1 Å². The van der Waals surface area contributed by atoms with Crippen LogP contribution in [-0.2, 0) is 4.79 Å². The minimum Gasteiger partial charge on any atom is -0.481 e. The number of carboxylic acids is 1. The lowest BCUT2D eigenvalue weighted by molar-refractivity contribution is -0.148. The quantitative estimate of drug-likeness (QED) is 0.724. The number of carbonyl (C=O) groups is 1. The van der Waals surface area contributed by atoms with Crippen molar-refractivity contribution >= 4 is 5.97 Å². The fraction of sp³-hybridized carbons (Fsp3) is 0.545. The summed E-state index contributed by atoms with van der Waals surface area (Å²) in [6, 6.07) is 0. The van der Waals surface area contributed by atoms with Gasteiger partial charge in [-0.3, -0.25) is 4.79 Å². The van der Waals surface area contributed by atoms with Crippen molar-refractivity contribution in [2.45, 2.75) is 27.2 Å². The first-order valence-corrected chi connectivity index (χ1v) is 4.56. The Morgan fingerprint density at radius 2 is 2.23 bits per heavy atom. The van der Waals surface area contributed by atoms with Gasteiger partial charge >= 0.3 is 5.97 Å². The molecule has 0 bridgehead atoms. The van der Waals surface area contributed by atoms with Gasteiger partial charge in [0.15, 0.2) is 0 Å². The Labute approximate surface area is 79.0 Å². The second-order valence-electron chi connectivity index (χ2n) is 4.09. The molecule has 1 aliphatic rings. The zero-order valence-electron chi connectivity index (χ0n) is 8.37. The first-order chi connectivity index (χ1) is 5.96. The van der Waals surface area contributed by atoms with Gasteiger partial charge in [0.1, 0.15) is 0 Å². The van der Waals surface area contributed by atoms with Crippen molar-refractivity contribution in [1.82, 2.24) is 0 Å². The average molecular weight is 180 g/mol. The Balaban J connectivity index is 2.82. The minimum atomic E-state index is -0.735. The molecule has 0 spiro atoms. The van der Waals surface area contributed by atoms with E-state index in [0.717, 1.165) is 12.0 Å². The van der Waals surface area contributed by atoms with Crippen LogP contribution in [0.15, 0.2) is 23.8 Å². The van der Waals surface area contributed by atoms with E-state index in [1.165, 1.54) is 0 Å². The monoisotopic (exact) mass is 180 g/mol. The molecule has 0 aliphatic heterocycles. The predicted molar refractivity (Wildman–Crippen MR) is 52.4 cm³/mol. The van der Waals surface area contributed by atoms with Gasteiger partial charge in [0.05, 0.1) is 5.41 Å². The molecular weight excluding hydrogens is 164 g/mol. The maximum Gasteiger partial charge on any atom is 0.309 e. The summed E-state index contributed by atoms with van der Waals surface area (Å²) in [4.78, 5) is 11.0. The van der Waals surface area contributed by atoms with Gasteiger partial charge in [-0.25, -0.2) is 0 Å². The molecular formula is C11H16O2. The van der Waals surface area contributed by atoms with Crippen LogP contribution in [0.5, 0.6) is 0 Å². The van der Waals surface area contributed by atoms with Crippen molar-refractivity contribution in [3.8, 4) is 0 Å². The van der Waals surface area contributed by atoms with Crippen molar-refractivity contribution in [2.75, 3.05) is 0 Å². The molecule has 0 radical (unpaired) electrons. The first-order valence-electron chi connectivity index (χ1n) is 4.56. The van der Waals surface area contributed by atoms with Crippen LogP contribution in [0.1, 0.15) is 27.2 Å². The number of carboxylic acid groups (broad SMARTS) is 1. The Kier molecular flexibility index (Phi) is 2.60. The van der Waals surface area contributed by atoms with Gasteiger partial charge in [0.2, 0.25) is 0 Å². The molecule has 0 amide bonds. The topological polar surface area (TPSA) is 37.3 Å². The minimum absolute atomic E-state index is 0.0729. The summed E-state index contributed by atoms with van der Waals surface area (Å²) < 4.78 is 0. The summed E-state index contributed by atoms with van der Waals surface area (Å²) in [6.45, 7) is 5.51. The SMILES string of the molecule is CC(C1=CCC=C1)C(C)(C)C(=O)O. The molecule has 0 saturated carbocycles. The lowest BCUT2D eigenvalue weighted by atomic mass is 9.76. The van der Waals surface area contributed by atoms with Crippen LogP contribution in [0, 0.1) is 11.3 Å². The third-order valence-electron chi connectivity index (χ3n) is 2.93. The van der Waals surface area contributed by atoms with E-state index in [-0.39, 0.29) is 5.92 Å². The molecule has 2 heteroatoms. The van der Waals surface area contributed by atoms with E-state index in [1.54, 1.807) is 13.8 Å². The highest BCUT2D eigenvalue weighted by atomic mass is 16.4. The van der Waals surface area contributed by atoms with Gasteiger partial charge in [0, 0.05) is 0 Å². The molecule has 1 unspecified atom stereocenters. The highest BCUT2D eigenvalue weighted by molar-refractivity contribution is 5.74. The van der Waals surface area contributed by atoms with E-state index in [1.807, 2.05) is 13.0 Å². The fourth-order valence-corrected chi connectivity index (χ4v) is 1.40. The Morgan fingerprint density at radius 1 is 1.62 bits per heavy atom. The smallest absolute Gasteiger partial charge is 0.309 e. The van der Waals surface area contributed by atoms with E-state index in [9.17, 15) is 4.79 Å². The van der Waals surface area contributed by atoms with Crippen molar-refractivity contribution in [1.29, 1.82) is 0 Å². The number of hydrogen-bond donors (Lipinski definition) is 1. The zero-order valence-corrected chi connectivity index (χ0v) is 8.37. The van der Waals surface area contributed by atoms with Crippen LogP contribution in [0.2, 0.25) is 0 Å². The summed E-state index contributed by atoms with van der Waals surface area (Å²) in [5, 5.41) is 9.02. The number of rotatable bonds is 3. The highest BCUT2D eigenvalue weighted by Crippen LogP contribution is 2.34. The molecule has 2 nitrogen and oxygen atoms in total. The van der Waals surface area contributed by atoms with Crippen LogP contribution < -0.4 is 0 Å². The molecule has 1 aliphatic carbocycles. The molecule has 0 fully saturated rings. The average Bonchev–Trinajstić information content (AvgIpc) is 2.54. The van der Waals surface area contributed by atoms with Crippen LogP contribution in [0.4, 0.5) is 0 Å². The summed E-state index contributed by atoms with van der Waals surface area (Å²) in [7, 11) is 0. The number of allylic oxidation sites excluding steroid dienone is 4. The van der Waals surface area contributed by atoms with E-state index < -0.39 is 11.4 Å². The van der Waals surface area contributed by atoms with Gasteiger partial charge in [-0.05, 0) is 31.8 Å². The van der Waals surface area contributed by atoms with Crippen LogP contribution >= 0.6 is 0 Å². The van der Waals surface area contributed by atoms with Gasteiger partial charge < -0.3 is 5.11 Å². The fourth-order valence-electron chi connectivity index (χ4n) is 1.40. The van der Waals surface area contributed by atoms with E-state index in [2.05, 4.69) is 12.2 Å². The van der Waals surface area contributed by atoms with Crippen LogP contribution in [0.3, 0.4) is 0 Å². The van der Waals surface area contributed by atoms with E-state index >= 15 is 0 Å². The molecule has 0 aromatic heterocycles. The number of hydrogen-bond acceptors (Lipinski definition) is 1. The molecule has 13 heavy (non-hydrogen) atoms. The third kappa shape index (κ3) is 1.82. The Hall–Kier alpha value is -1.05. The standard InChI is InChI=1S/C11H16O2/c1-8(9-6-4-5-7-9)11(2,3)10(12)13/h4,6-8H,5H2,1-3H3,(H,12,13).